The minimum atomic E-state index is -2.91. The zero-order chi connectivity index (χ0) is 13.5. The smallest absolute Gasteiger partial charge is 0.320 e. The lowest BCUT2D eigenvalue weighted by Gasteiger charge is -2.16. The Bertz CT molecular complexity index is 327. The number of carboxylic acids is 1. The fourth-order valence-electron chi connectivity index (χ4n) is 1.19. The van der Waals surface area contributed by atoms with Gasteiger partial charge in [0.2, 0.25) is 0 Å². The summed E-state index contributed by atoms with van der Waals surface area (Å²) in [5.41, 5.74) is 0. The molecule has 0 aliphatic heterocycles. The Morgan fingerprint density at radius 1 is 1.35 bits per heavy atom. The molecule has 0 rings (SSSR count). The first-order valence-corrected chi connectivity index (χ1v) is 8.68. The van der Waals surface area contributed by atoms with E-state index in [4.69, 9.17) is 5.11 Å². The fourth-order valence-corrected chi connectivity index (χ4v) is 3.48. The van der Waals surface area contributed by atoms with Crippen molar-refractivity contribution in [1.29, 1.82) is 0 Å². The van der Waals surface area contributed by atoms with Crippen LogP contribution in [0.5, 0.6) is 0 Å². The third kappa shape index (κ3) is 10.6. The van der Waals surface area contributed by atoms with Crippen LogP contribution >= 0.6 is 11.8 Å². The van der Waals surface area contributed by atoms with Crippen LogP contribution in [0, 0.1) is 0 Å². The van der Waals surface area contributed by atoms with E-state index in [-0.39, 0.29) is 11.8 Å². The van der Waals surface area contributed by atoms with Crippen molar-refractivity contribution in [2.45, 2.75) is 32.4 Å². The van der Waals surface area contributed by atoms with Gasteiger partial charge in [-0.1, -0.05) is 13.8 Å². The lowest BCUT2D eigenvalue weighted by Crippen LogP contribution is -2.41. The minimum Gasteiger partial charge on any atom is -0.480 e. The Balaban J connectivity index is 3.80. The molecule has 0 fully saturated rings. The molecule has 0 aromatic heterocycles. The van der Waals surface area contributed by atoms with Gasteiger partial charge in [0.25, 0.3) is 0 Å². The van der Waals surface area contributed by atoms with Crippen molar-refractivity contribution >= 4 is 27.6 Å². The standard InChI is InChI=1S/C10H21NO4S2/c1-8(2)11-9(10(12)13)4-5-16-6-7-17(3,14)15/h8-9,11H,4-7H2,1-3H3,(H,12,13). The topological polar surface area (TPSA) is 83.5 Å². The summed E-state index contributed by atoms with van der Waals surface area (Å²) in [6.07, 6.45) is 1.70. The van der Waals surface area contributed by atoms with E-state index in [1.54, 1.807) is 0 Å². The first-order chi connectivity index (χ1) is 7.72. The molecule has 0 aromatic rings. The predicted molar refractivity (Wildman–Crippen MR) is 71.3 cm³/mol. The van der Waals surface area contributed by atoms with Gasteiger partial charge in [0.15, 0.2) is 0 Å². The molecule has 0 amide bonds. The quantitative estimate of drug-likeness (QED) is 0.603. The zero-order valence-electron chi connectivity index (χ0n) is 10.5. The van der Waals surface area contributed by atoms with Gasteiger partial charge in [-0.2, -0.15) is 11.8 Å². The molecule has 102 valence electrons. The highest BCUT2D eigenvalue weighted by molar-refractivity contribution is 8.00. The first kappa shape index (κ1) is 16.7. The van der Waals surface area contributed by atoms with Crippen molar-refractivity contribution < 1.29 is 18.3 Å². The number of aliphatic carboxylic acids is 1. The number of sulfone groups is 1. The van der Waals surface area contributed by atoms with E-state index >= 15 is 0 Å². The summed E-state index contributed by atoms with van der Waals surface area (Å²) in [7, 11) is -2.91. The molecule has 0 saturated heterocycles. The second kappa shape index (κ2) is 7.94. The lowest BCUT2D eigenvalue weighted by atomic mass is 10.2. The summed E-state index contributed by atoms with van der Waals surface area (Å²) in [4.78, 5) is 10.9. The van der Waals surface area contributed by atoms with Gasteiger partial charge < -0.3 is 10.4 Å². The van der Waals surface area contributed by atoms with Crippen LogP contribution in [-0.2, 0) is 14.6 Å². The summed E-state index contributed by atoms with van der Waals surface area (Å²) in [6, 6.07) is -0.433. The maximum absolute atomic E-state index is 10.9. The van der Waals surface area contributed by atoms with E-state index in [9.17, 15) is 13.2 Å². The van der Waals surface area contributed by atoms with E-state index in [2.05, 4.69) is 5.32 Å². The van der Waals surface area contributed by atoms with Gasteiger partial charge in [-0.15, -0.1) is 0 Å². The van der Waals surface area contributed by atoms with Crippen LogP contribution in [0.15, 0.2) is 0 Å². The number of thioether (sulfide) groups is 1. The molecule has 0 aliphatic carbocycles. The van der Waals surface area contributed by atoms with Crippen LogP contribution in [0.25, 0.3) is 0 Å². The summed E-state index contributed by atoms with van der Waals surface area (Å²) >= 11 is 1.47. The fraction of sp³-hybridized carbons (Fsp3) is 0.900. The first-order valence-electron chi connectivity index (χ1n) is 5.46. The van der Waals surface area contributed by atoms with Gasteiger partial charge in [-0.3, -0.25) is 4.79 Å². The van der Waals surface area contributed by atoms with Gasteiger partial charge in [-0.25, -0.2) is 8.42 Å². The van der Waals surface area contributed by atoms with Gasteiger partial charge in [0.05, 0.1) is 5.75 Å². The number of hydrogen-bond acceptors (Lipinski definition) is 5. The molecule has 1 atom stereocenters. The molecule has 1 unspecified atom stereocenters. The average molecular weight is 283 g/mol. The molecule has 2 N–H and O–H groups in total. The van der Waals surface area contributed by atoms with Crippen LogP contribution in [0.3, 0.4) is 0 Å². The maximum Gasteiger partial charge on any atom is 0.320 e. The van der Waals surface area contributed by atoms with E-state index in [1.165, 1.54) is 18.0 Å². The minimum absolute atomic E-state index is 0.122. The molecule has 17 heavy (non-hydrogen) atoms. The molecule has 0 aliphatic rings. The van der Waals surface area contributed by atoms with Crippen molar-refractivity contribution in [2.24, 2.45) is 0 Å². The van der Waals surface area contributed by atoms with E-state index in [1.807, 2.05) is 13.8 Å². The summed E-state index contributed by atoms with van der Waals surface area (Å²) in [5, 5.41) is 11.9. The van der Waals surface area contributed by atoms with Crippen molar-refractivity contribution in [3.8, 4) is 0 Å². The molecule has 0 aromatic carbocycles. The van der Waals surface area contributed by atoms with E-state index < -0.39 is 21.8 Å². The second-order valence-corrected chi connectivity index (χ2v) is 7.73. The number of nitrogens with one attached hydrogen (secondary N) is 1. The summed E-state index contributed by atoms with van der Waals surface area (Å²) < 4.78 is 21.7. The summed E-state index contributed by atoms with van der Waals surface area (Å²) in [5.74, 6) is 0.453. The molecule has 0 radical (unpaired) electrons. The van der Waals surface area contributed by atoms with Crippen molar-refractivity contribution in [1.82, 2.24) is 5.32 Å². The third-order valence-electron chi connectivity index (χ3n) is 1.98. The average Bonchev–Trinajstić information content (AvgIpc) is 2.12. The SMILES string of the molecule is CC(C)NC(CCSCCS(C)(=O)=O)C(=O)O. The predicted octanol–water partition coefficient (Wildman–Crippen LogP) is 0.605. The second-order valence-electron chi connectivity index (χ2n) is 4.24. The number of hydrogen-bond donors (Lipinski definition) is 2. The number of carbonyl (C=O) groups is 1. The Kier molecular flexibility index (Phi) is 7.82. The Labute approximate surface area is 107 Å². The molecule has 5 nitrogen and oxygen atoms in total. The van der Waals surface area contributed by atoms with Crippen LogP contribution < -0.4 is 5.32 Å². The van der Waals surface area contributed by atoms with E-state index in [0.717, 1.165) is 0 Å². The van der Waals surface area contributed by atoms with Crippen molar-refractivity contribution in [3.05, 3.63) is 0 Å². The lowest BCUT2D eigenvalue weighted by molar-refractivity contribution is -0.139. The summed E-state index contributed by atoms with van der Waals surface area (Å²) in [6.45, 7) is 3.79. The Morgan fingerprint density at radius 3 is 2.35 bits per heavy atom. The molecule has 7 heteroatoms. The van der Waals surface area contributed by atoms with Crippen LogP contribution in [0.1, 0.15) is 20.3 Å². The van der Waals surface area contributed by atoms with Crippen molar-refractivity contribution in [2.75, 3.05) is 23.5 Å². The van der Waals surface area contributed by atoms with Gasteiger partial charge in [0, 0.05) is 18.1 Å². The molecular weight excluding hydrogens is 262 g/mol. The molecule has 0 heterocycles. The van der Waals surface area contributed by atoms with Crippen LogP contribution in [0.2, 0.25) is 0 Å². The van der Waals surface area contributed by atoms with E-state index in [0.29, 0.717) is 17.9 Å². The van der Waals surface area contributed by atoms with Gasteiger partial charge in [-0.05, 0) is 12.2 Å². The van der Waals surface area contributed by atoms with Crippen LogP contribution in [-0.4, -0.2) is 55.1 Å². The Morgan fingerprint density at radius 2 is 1.94 bits per heavy atom. The molecular formula is C10H21NO4S2. The van der Waals surface area contributed by atoms with Crippen LogP contribution in [0.4, 0.5) is 0 Å². The Hall–Kier alpha value is -0.270. The third-order valence-corrected chi connectivity index (χ3v) is 4.20. The number of carboxylic acid groups (broad SMARTS) is 1. The highest BCUT2D eigenvalue weighted by Gasteiger charge is 2.17. The highest BCUT2D eigenvalue weighted by Crippen LogP contribution is 2.07. The molecule has 0 bridgehead atoms. The highest BCUT2D eigenvalue weighted by atomic mass is 32.2. The largest absolute Gasteiger partial charge is 0.480 e. The zero-order valence-corrected chi connectivity index (χ0v) is 12.1. The maximum atomic E-state index is 10.9. The normalized spacial score (nSPS) is 13.9. The van der Waals surface area contributed by atoms with Gasteiger partial charge in [0.1, 0.15) is 15.9 Å². The number of rotatable bonds is 9. The van der Waals surface area contributed by atoms with Gasteiger partial charge >= 0.3 is 5.97 Å². The molecule has 0 saturated carbocycles. The monoisotopic (exact) mass is 283 g/mol. The molecule has 0 spiro atoms. The van der Waals surface area contributed by atoms with Crippen molar-refractivity contribution in [3.63, 3.8) is 0 Å².